The van der Waals surface area contributed by atoms with Gasteiger partial charge in [-0.1, -0.05) is 0 Å². The van der Waals surface area contributed by atoms with Crippen LogP contribution in [0, 0.1) is 15.9 Å². The third kappa shape index (κ3) is 3.62. The average Bonchev–Trinajstić information content (AvgIpc) is 3.16. The second-order valence-electron chi connectivity index (χ2n) is 5.86. The summed E-state index contributed by atoms with van der Waals surface area (Å²) < 4.78 is 29.7. The summed E-state index contributed by atoms with van der Waals surface area (Å²) in [6.07, 6.45) is 2.28. The lowest BCUT2D eigenvalue weighted by atomic mass is 10.1. The molecule has 1 aromatic carbocycles. The zero-order valence-electron chi connectivity index (χ0n) is 14.5. The molecule has 1 fully saturated rings. The Bertz CT molecular complexity index is 934. The van der Waals surface area contributed by atoms with Crippen LogP contribution in [0.4, 0.5) is 21.8 Å². The molecule has 1 aromatic heterocycles. The Hall–Kier alpha value is -3.54. The summed E-state index contributed by atoms with van der Waals surface area (Å²) in [5.41, 5.74) is 2.58. The monoisotopic (exact) mass is 390 g/mol. The fourth-order valence-electron chi connectivity index (χ4n) is 2.78. The summed E-state index contributed by atoms with van der Waals surface area (Å²) in [7, 11) is 0. The van der Waals surface area contributed by atoms with Crippen LogP contribution in [0.1, 0.15) is 5.56 Å². The first-order chi connectivity index (χ1) is 13.6. The van der Waals surface area contributed by atoms with Crippen molar-refractivity contribution in [2.24, 2.45) is 5.10 Å². The van der Waals surface area contributed by atoms with Gasteiger partial charge in [0.2, 0.25) is 12.7 Å². The van der Waals surface area contributed by atoms with Gasteiger partial charge in [0.15, 0.2) is 23.1 Å². The molecule has 28 heavy (non-hydrogen) atoms. The number of halogens is 1. The highest BCUT2D eigenvalue weighted by atomic mass is 19.1. The number of ether oxygens (including phenoxy) is 3. The van der Waals surface area contributed by atoms with Crippen molar-refractivity contribution in [3.8, 4) is 11.5 Å². The van der Waals surface area contributed by atoms with Crippen LogP contribution in [0.15, 0.2) is 23.4 Å². The number of aromatic nitrogens is 2. The summed E-state index contributed by atoms with van der Waals surface area (Å²) in [4.78, 5) is 20.4. The number of hydrogen-bond donors (Lipinski definition) is 1. The number of benzene rings is 1. The molecule has 12 heteroatoms. The maximum Gasteiger partial charge on any atom is 0.282 e. The van der Waals surface area contributed by atoms with Crippen LogP contribution in [0.25, 0.3) is 0 Å². The lowest BCUT2D eigenvalue weighted by Crippen LogP contribution is -2.37. The lowest BCUT2D eigenvalue weighted by molar-refractivity contribution is -0.385. The predicted octanol–water partition coefficient (Wildman–Crippen LogP) is 1.54. The largest absolute Gasteiger partial charge is 0.454 e. The van der Waals surface area contributed by atoms with Crippen LogP contribution in [0.5, 0.6) is 11.5 Å². The van der Waals surface area contributed by atoms with Crippen LogP contribution in [0.3, 0.4) is 0 Å². The number of nitrogens with zero attached hydrogens (tertiary/aromatic N) is 5. The van der Waals surface area contributed by atoms with E-state index in [1.165, 1.54) is 18.3 Å². The number of rotatable bonds is 5. The number of fused-ring (bicyclic) bond motifs is 1. The minimum absolute atomic E-state index is 0.000923. The van der Waals surface area contributed by atoms with E-state index in [9.17, 15) is 14.5 Å². The van der Waals surface area contributed by atoms with Gasteiger partial charge in [0.1, 0.15) is 0 Å². The second-order valence-corrected chi connectivity index (χ2v) is 5.86. The molecule has 1 saturated heterocycles. The van der Waals surface area contributed by atoms with Crippen molar-refractivity contribution < 1.29 is 23.5 Å². The van der Waals surface area contributed by atoms with E-state index in [0.717, 1.165) is 6.20 Å². The molecular formula is C16H15FN6O5. The molecule has 0 unspecified atom stereocenters. The van der Waals surface area contributed by atoms with E-state index >= 15 is 0 Å². The first-order valence-electron chi connectivity index (χ1n) is 8.34. The molecule has 1 N–H and O–H groups in total. The van der Waals surface area contributed by atoms with Crippen LogP contribution in [-0.2, 0) is 4.74 Å². The van der Waals surface area contributed by atoms with E-state index in [-0.39, 0.29) is 29.8 Å². The van der Waals surface area contributed by atoms with E-state index in [4.69, 9.17) is 14.2 Å². The minimum Gasteiger partial charge on any atom is -0.454 e. The standard InChI is InChI=1S/C16H15FN6O5/c17-11-8-18-16(20-15(11)22-1-3-26-4-2-22)21-19-7-10-5-13-14(28-9-27-13)6-12(10)23(24)25/h5-8H,1-4,9H2,(H,18,20,21)/b19-7+. The second kappa shape index (κ2) is 7.60. The topological polar surface area (TPSA) is 124 Å². The highest BCUT2D eigenvalue weighted by Gasteiger charge is 2.22. The highest BCUT2D eigenvalue weighted by molar-refractivity contribution is 5.87. The Balaban J connectivity index is 1.53. The number of hydrazone groups is 1. The Morgan fingerprint density at radius 1 is 1.29 bits per heavy atom. The zero-order chi connectivity index (χ0) is 19.5. The average molecular weight is 390 g/mol. The Labute approximate surface area is 157 Å². The van der Waals surface area contributed by atoms with E-state index in [2.05, 4.69) is 20.5 Å². The maximum atomic E-state index is 14.0. The van der Waals surface area contributed by atoms with Gasteiger partial charge in [-0.3, -0.25) is 10.1 Å². The zero-order valence-corrected chi connectivity index (χ0v) is 14.5. The molecular weight excluding hydrogens is 375 g/mol. The number of hydrogen-bond acceptors (Lipinski definition) is 10. The number of anilines is 2. The third-order valence-corrected chi connectivity index (χ3v) is 4.12. The summed E-state index contributed by atoms with van der Waals surface area (Å²) in [5, 5.41) is 15.2. The quantitative estimate of drug-likeness (QED) is 0.460. The number of nitro benzene ring substituents is 1. The normalized spacial score (nSPS) is 15.8. The van der Waals surface area contributed by atoms with Gasteiger partial charge in [0, 0.05) is 13.1 Å². The van der Waals surface area contributed by atoms with Crippen molar-refractivity contribution in [1.29, 1.82) is 0 Å². The van der Waals surface area contributed by atoms with Crippen molar-refractivity contribution in [3.63, 3.8) is 0 Å². The van der Waals surface area contributed by atoms with Gasteiger partial charge in [-0.15, -0.1) is 0 Å². The van der Waals surface area contributed by atoms with Gasteiger partial charge in [-0.25, -0.2) is 14.8 Å². The van der Waals surface area contributed by atoms with Crippen molar-refractivity contribution in [2.75, 3.05) is 43.4 Å². The molecule has 0 amide bonds. The van der Waals surface area contributed by atoms with Gasteiger partial charge >= 0.3 is 0 Å². The molecule has 0 radical (unpaired) electrons. The number of morpholine rings is 1. The molecule has 0 aliphatic carbocycles. The van der Waals surface area contributed by atoms with Crippen molar-refractivity contribution in [1.82, 2.24) is 9.97 Å². The molecule has 146 valence electrons. The van der Waals surface area contributed by atoms with E-state index in [1.807, 2.05) is 0 Å². The Morgan fingerprint density at radius 2 is 2.04 bits per heavy atom. The number of nitrogens with one attached hydrogen (secondary N) is 1. The molecule has 4 rings (SSSR count). The first kappa shape index (κ1) is 17.9. The highest BCUT2D eigenvalue weighted by Crippen LogP contribution is 2.37. The Kier molecular flexibility index (Phi) is 4.85. The van der Waals surface area contributed by atoms with Crippen LogP contribution in [-0.4, -0.2) is 54.2 Å². The van der Waals surface area contributed by atoms with Crippen LogP contribution in [0.2, 0.25) is 0 Å². The minimum atomic E-state index is -0.553. The third-order valence-electron chi connectivity index (χ3n) is 4.12. The SMILES string of the molecule is O=[N+]([O-])c1cc2c(cc1/C=N/Nc1ncc(F)c(N3CCOCC3)n1)OCO2. The molecule has 2 aromatic rings. The molecule has 0 saturated carbocycles. The molecule has 2 aliphatic heterocycles. The van der Waals surface area contributed by atoms with Crippen LogP contribution >= 0.6 is 0 Å². The van der Waals surface area contributed by atoms with Gasteiger partial charge < -0.3 is 19.1 Å². The summed E-state index contributed by atoms with van der Waals surface area (Å²) >= 11 is 0. The fraction of sp³-hybridized carbons (Fsp3) is 0.312. The van der Waals surface area contributed by atoms with Gasteiger partial charge in [0.25, 0.3) is 5.69 Å². The summed E-state index contributed by atoms with van der Waals surface area (Å²) in [6, 6.07) is 2.73. The first-order valence-corrected chi connectivity index (χ1v) is 8.34. The molecule has 0 atom stereocenters. The molecule has 0 bridgehead atoms. The van der Waals surface area contributed by atoms with E-state index in [0.29, 0.717) is 37.8 Å². The maximum absolute atomic E-state index is 14.0. The summed E-state index contributed by atoms with van der Waals surface area (Å²) in [6.45, 7) is 2.00. The molecule has 11 nitrogen and oxygen atoms in total. The van der Waals surface area contributed by atoms with Crippen molar-refractivity contribution in [3.05, 3.63) is 39.8 Å². The molecule has 0 spiro atoms. The fourth-order valence-corrected chi connectivity index (χ4v) is 2.78. The number of nitro groups is 1. The molecule has 3 heterocycles. The Morgan fingerprint density at radius 3 is 2.79 bits per heavy atom. The van der Waals surface area contributed by atoms with E-state index in [1.54, 1.807) is 4.90 Å². The van der Waals surface area contributed by atoms with Crippen LogP contribution < -0.4 is 19.8 Å². The molecule has 2 aliphatic rings. The summed E-state index contributed by atoms with van der Waals surface area (Å²) in [5.74, 6) is 0.337. The van der Waals surface area contributed by atoms with Gasteiger partial charge in [-0.05, 0) is 6.07 Å². The smallest absolute Gasteiger partial charge is 0.282 e. The van der Waals surface area contributed by atoms with Gasteiger partial charge in [0.05, 0.1) is 42.2 Å². The lowest BCUT2D eigenvalue weighted by Gasteiger charge is -2.27. The van der Waals surface area contributed by atoms with Crippen molar-refractivity contribution >= 4 is 23.7 Å². The van der Waals surface area contributed by atoms with Gasteiger partial charge in [-0.2, -0.15) is 10.1 Å². The van der Waals surface area contributed by atoms with Crippen molar-refractivity contribution in [2.45, 2.75) is 0 Å². The predicted molar refractivity (Wildman–Crippen MR) is 95.5 cm³/mol. The van der Waals surface area contributed by atoms with E-state index < -0.39 is 10.7 Å².